The van der Waals surface area contributed by atoms with Crippen LogP contribution in [0.4, 0.5) is 17.6 Å². The number of benzene rings is 2. The first-order chi connectivity index (χ1) is 16.7. The standard InChI is InChI=1S/C23H13ClF4N4O3/c1-2-34-22(33)18-19(17-15(24)4-3-5-16(17)25)31-35-20(18)14-11-30-32(21(14)23(26,27)28)13-8-6-12(10-29)7-9-13/h3-9,11H,2H2,1H3. The number of carbonyl (C=O) groups is 1. The van der Waals surface area contributed by atoms with Gasteiger partial charge in [-0.3, -0.25) is 0 Å². The zero-order valence-electron chi connectivity index (χ0n) is 17.7. The van der Waals surface area contributed by atoms with Gasteiger partial charge in [-0.1, -0.05) is 22.8 Å². The molecular formula is C23H13ClF4N4O3. The van der Waals surface area contributed by atoms with Crippen LogP contribution in [0.15, 0.2) is 53.2 Å². The van der Waals surface area contributed by atoms with Gasteiger partial charge in [0.25, 0.3) is 0 Å². The Bertz CT molecular complexity index is 1430. The molecule has 12 heteroatoms. The second-order valence-electron chi connectivity index (χ2n) is 7.03. The van der Waals surface area contributed by atoms with Crippen molar-refractivity contribution in [3.63, 3.8) is 0 Å². The second-order valence-corrected chi connectivity index (χ2v) is 7.43. The van der Waals surface area contributed by atoms with Crippen LogP contribution in [0, 0.1) is 17.1 Å². The van der Waals surface area contributed by atoms with Crippen LogP contribution in [0.5, 0.6) is 0 Å². The predicted octanol–water partition coefficient (Wildman–Crippen LogP) is 6.05. The summed E-state index contributed by atoms with van der Waals surface area (Å²) in [6.07, 6.45) is -4.12. The molecule has 0 spiro atoms. The maximum Gasteiger partial charge on any atom is 0.434 e. The molecule has 0 aliphatic rings. The van der Waals surface area contributed by atoms with Crippen molar-refractivity contribution in [3.05, 3.63) is 76.3 Å². The normalized spacial score (nSPS) is 11.3. The molecule has 4 rings (SSSR count). The highest BCUT2D eigenvalue weighted by atomic mass is 35.5. The van der Waals surface area contributed by atoms with Crippen LogP contribution in [-0.2, 0) is 10.9 Å². The van der Waals surface area contributed by atoms with Gasteiger partial charge in [0, 0.05) is 0 Å². The van der Waals surface area contributed by atoms with Crippen molar-refractivity contribution < 1.29 is 31.6 Å². The van der Waals surface area contributed by atoms with Gasteiger partial charge in [0.15, 0.2) is 11.5 Å². The van der Waals surface area contributed by atoms with E-state index < -0.39 is 46.2 Å². The summed E-state index contributed by atoms with van der Waals surface area (Å²) in [7, 11) is 0. The fourth-order valence-electron chi connectivity index (χ4n) is 3.42. The Morgan fingerprint density at radius 1 is 1.23 bits per heavy atom. The monoisotopic (exact) mass is 504 g/mol. The molecule has 4 aromatic rings. The zero-order chi connectivity index (χ0) is 25.3. The molecule has 0 saturated heterocycles. The van der Waals surface area contributed by atoms with E-state index in [4.69, 9.17) is 26.1 Å². The lowest BCUT2D eigenvalue weighted by molar-refractivity contribution is -0.142. The number of hydrogen-bond acceptors (Lipinski definition) is 6. The molecule has 2 aromatic heterocycles. The number of esters is 1. The van der Waals surface area contributed by atoms with E-state index in [1.165, 1.54) is 43.3 Å². The van der Waals surface area contributed by atoms with Crippen LogP contribution >= 0.6 is 11.6 Å². The third-order valence-corrected chi connectivity index (χ3v) is 5.21. The topological polar surface area (TPSA) is 93.9 Å². The van der Waals surface area contributed by atoms with E-state index in [9.17, 15) is 22.4 Å². The quantitative estimate of drug-likeness (QED) is 0.242. The molecule has 0 aliphatic carbocycles. The number of carbonyl (C=O) groups excluding carboxylic acids is 1. The van der Waals surface area contributed by atoms with E-state index in [2.05, 4.69) is 10.3 Å². The molecule has 0 aliphatic heterocycles. The smallest absolute Gasteiger partial charge is 0.434 e. The Hall–Kier alpha value is -4.17. The fraction of sp³-hybridized carbons (Fsp3) is 0.130. The van der Waals surface area contributed by atoms with E-state index >= 15 is 0 Å². The number of alkyl halides is 3. The number of rotatable bonds is 5. The molecule has 35 heavy (non-hydrogen) atoms. The predicted molar refractivity (Wildman–Crippen MR) is 115 cm³/mol. The summed E-state index contributed by atoms with van der Waals surface area (Å²) >= 11 is 6.09. The number of ether oxygens (including phenoxy) is 1. The maximum atomic E-state index is 14.6. The van der Waals surface area contributed by atoms with E-state index in [0.717, 1.165) is 12.3 Å². The molecule has 0 fully saturated rings. The van der Waals surface area contributed by atoms with Crippen LogP contribution < -0.4 is 0 Å². The molecule has 0 N–H and O–H groups in total. The Morgan fingerprint density at radius 3 is 2.54 bits per heavy atom. The Balaban J connectivity index is 1.98. The van der Waals surface area contributed by atoms with E-state index in [1.807, 2.05) is 6.07 Å². The highest BCUT2D eigenvalue weighted by molar-refractivity contribution is 6.33. The van der Waals surface area contributed by atoms with Gasteiger partial charge < -0.3 is 9.26 Å². The van der Waals surface area contributed by atoms with Crippen LogP contribution in [0.2, 0.25) is 5.02 Å². The lowest BCUT2D eigenvalue weighted by atomic mass is 10.0. The van der Waals surface area contributed by atoms with Crippen molar-refractivity contribution >= 4 is 17.6 Å². The minimum atomic E-state index is -4.96. The van der Waals surface area contributed by atoms with E-state index in [-0.39, 0.29) is 28.4 Å². The molecule has 0 unspecified atom stereocenters. The lowest BCUT2D eigenvalue weighted by Crippen LogP contribution is -2.15. The van der Waals surface area contributed by atoms with Gasteiger partial charge in [-0.2, -0.15) is 23.5 Å². The molecule has 0 bridgehead atoms. The Labute approximate surface area is 200 Å². The van der Waals surface area contributed by atoms with Gasteiger partial charge >= 0.3 is 12.1 Å². The van der Waals surface area contributed by atoms with Crippen molar-refractivity contribution in [1.82, 2.24) is 14.9 Å². The molecule has 0 radical (unpaired) electrons. The van der Waals surface area contributed by atoms with Gasteiger partial charge in [-0.25, -0.2) is 13.9 Å². The van der Waals surface area contributed by atoms with E-state index in [1.54, 1.807) is 0 Å². The van der Waals surface area contributed by atoms with Gasteiger partial charge in [-0.05, 0) is 43.3 Å². The highest BCUT2D eigenvalue weighted by Gasteiger charge is 2.42. The summed E-state index contributed by atoms with van der Waals surface area (Å²) in [6, 6.07) is 10.8. The largest absolute Gasteiger partial charge is 0.462 e. The van der Waals surface area contributed by atoms with Gasteiger partial charge in [0.1, 0.15) is 17.1 Å². The van der Waals surface area contributed by atoms with Crippen LogP contribution in [0.25, 0.3) is 28.3 Å². The summed E-state index contributed by atoms with van der Waals surface area (Å²) in [5.41, 5.74) is -2.96. The molecule has 0 amide bonds. The Morgan fingerprint density at radius 2 is 1.94 bits per heavy atom. The molecule has 0 saturated carbocycles. The summed E-state index contributed by atoms with van der Waals surface area (Å²) in [5, 5.41) is 16.3. The van der Waals surface area contributed by atoms with Crippen molar-refractivity contribution in [2.75, 3.05) is 6.61 Å². The zero-order valence-corrected chi connectivity index (χ0v) is 18.5. The molecule has 0 atom stereocenters. The number of nitrogens with zero attached hydrogens (tertiary/aromatic N) is 4. The van der Waals surface area contributed by atoms with Crippen molar-refractivity contribution in [1.29, 1.82) is 5.26 Å². The number of hydrogen-bond donors (Lipinski definition) is 0. The third-order valence-electron chi connectivity index (χ3n) is 4.89. The summed E-state index contributed by atoms with van der Waals surface area (Å²) in [6.45, 7) is 1.37. The summed E-state index contributed by atoms with van der Waals surface area (Å²) in [4.78, 5) is 12.8. The SMILES string of the molecule is CCOC(=O)c1c(-c2c(F)cccc2Cl)noc1-c1cnn(-c2ccc(C#N)cc2)c1C(F)(F)F. The van der Waals surface area contributed by atoms with Gasteiger partial charge in [0.05, 0.1) is 46.3 Å². The average molecular weight is 505 g/mol. The number of halogens is 5. The van der Waals surface area contributed by atoms with Crippen LogP contribution in [-0.4, -0.2) is 27.5 Å². The molecule has 2 heterocycles. The first-order valence-corrected chi connectivity index (χ1v) is 10.3. The van der Waals surface area contributed by atoms with Gasteiger partial charge in [0.2, 0.25) is 0 Å². The maximum absolute atomic E-state index is 14.6. The third kappa shape index (κ3) is 4.36. The number of nitriles is 1. The summed E-state index contributed by atoms with van der Waals surface area (Å²) in [5.74, 6) is -2.57. The molecule has 2 aromatic carbocycles. The first-order valence-electron chi connectivity index (χ1n) is 9.94. The molecule has 7 nitrogen and oxygen atoms in total. The number of aromatic nitrogens is 3. The highest BCUT2D eigenvalue weighted by Crippen LogP contribution is 2.43. The fourth-order valence-corrected chi connectivity index (χ4v) is 3.67. The average Bonchev–Trinajstić information content (AvgIpc) is 3.44. The van der Waals surface area contributed by atoms with Crippen LogP contribution in [0.3, 0.4) is 0 Å². The molecular weight excluding hydrogens is 492 g/mol. The van der Waals surface area contributed by atoms with Crippen molar-refractivity contribution in [3.8, 4) is 34.3 Å². The summed E-state index contributed by atoms with van der Waals surface area (Å²) < 4.78 is 68.0. The lowest BCUT2D eigenvalue weighted by Gasteiger charge is -2.12. The van der Waals surface area contributed by atoms with Crippen molar-refractivity contribution in [2.45, 2.75) is 13.1 Å². The Kier molecular flexibility index (Phi) is 6.32. The minimum Gasteiger partial charge on any atom is -0.462 e. The van der Waals surface area contributed by atoms with Crippen molar-refractivity contribution in [2.24, 2.45) is 0 Å². The minimum absolute atomic E-state index is 0.00264. The second kappa shape index (κ2) is 9.23. The first kappa shape index (κ1) is 24.0. The van der Waals surface area contributed by atoms with Gasteiger partial charge in [-0.15, -0.1) is 0 Å². The molecule has 178 valence electrons. The van der Waals surface area contributed by atoms with E-state index in [0.29, 0.717) is 4.68 Å². The van der Waals surface area contributed by atoms with Crippen LogP contribution in [0.1, 0.15) is 28.5 Å².